The third kappa shape index (κ3) is 2.51. The molecule has 0 spiro atoms. The Morgan fingerprint density at radius 3 is 2.78 bits per heavy atom. The maximum Gasteiger partial charge on any atom is 0.250 e. The number of aromatic nitrogens is 1. The molecular formula is C13H16N2O3. The van der Waals surface area contributed by atoms with Crippen molar-refractivity contribution in [1.82, 2.24) is 4.98 Å². The number of hydrogen-bond acceptors (Lipinski definition) is 4. The van der Waals surface area contributed by atoms with Gasteiger partial charge in [-0.1, -0.05) is 20.8 Å². The molecule has 5 nitrogen and oxygen atoms in total. The molecule has 0 aliphatic heterocycles. The van der Waals surface area contributed by atoms with Crippen molar-refractivity contribution in [3.05, 3.63) is 24.1 Å². The number of aliphatic hydroxyl groups excluding tert-OH is 1. The van der Waals surface area contributed by atoms with E-state index in [9.17, 15) is 4.79 Å². The lowest BCUT2D eigenvalue weighted by Gasteiger charge is -2.11. The van der Waals surface area contributed by atoms with Crippen molar-refractivity contribution in [2.24, 2.45) is 0 Å². The number of nitrogens with one attached hydrogen (secondary N) is 1. The van der Waals surface area contributed by atoms with Crippen LogP contribution in [-0.2, 0) is 10.2 Å². The number of hydrogen-bond donors (Lipinski definition) is 2. The molecule has 2 rings (SSSR count). The molecule has 1 heterocycles. The summed E-state index contributed by atoms with van der Waals surface area (Å²) in [6.07, 6.45) is 0. The van der Waals surface area contributed by atoms with Gasteiger partial charge in [-0.2, -0.15) is 0 Å². The van der Waals surface area contributed by atoms with Crippen LogP contribution in [0.15, 0.2) is 22.6 Å². The summed E-state index contributed by atoms with van der Waals surface area (Å²) in [5, 5.41) is 11.2. The van der Waals surface area contributed by atoms with Gasteiger partial charge < -0.3 is 14.8 Å². The van der Waals surface area contributed by atoms with Gasteiger partial charge in [-0.05, 0) is 18.2 Å². The zero-order valence-electron chi connectivity index (χ0n) is 10.7. The monoisotopic (exact) mass is 248 g/mol. The van der Waals surface area contributed by atoms with Crippen LogP contribution < -0.4 is 5.32 Å². The van der Waals surface area contributed by atoms with E-state index >= 15 is 0 Å². The van der Waals surface area contributed by atoms with Crippen LogP contribution in [0.2, 0.25) is 0 Å². The summed E-state index contributed by atoms with van der Waals surface area (Å²) in [6.45, 7) is 5.52. The molecule has 0 saturated heterocycles. The van der Waals surface area contributed by atoms with Crippen LogP contribution in [0.4, 0.5) is 5.69 Å². The predicted octanol–water partition coefficient (Wildman–Crippen LogP) is 2.06. The standard InChI is InChI=1S/C13H16N2O3/c1-13(2,3)12-15-9-6-8(14-11(17)7-16)4-5-10(9)18-12/h4-6,16H,7H2,1-3H3,(H,14,17). The Hall–Kier alpha value is -1.88. The molecule has 2 aromatic rings. The van der Waals surface area contributed by atoms with E-state index in [1.165, 1.54) is 0 Å². The zero-order valence-corrected chi connectivity index (χ0v) is 10.7. The molecular weight excluding hydrogens is 232 g/mol. The molecule has 1 aromatic heterocycles. The number of oxazole rings is 1. The highest BCUT2D eigenvalue weighted by atomic mass is 16.3. The Labute approximate surface area is 105 Å². The Bertz CT molecular complexity index is 581. The number of anilines is 1. The number of carbonyl (C=O) groups excluding carboxylic acids is 1. The van der Waals surface area contributed by atoms with E-state index in [-0.39, 0.29) is 5.41 Å². The van der Waals surface area contributed by atoms with Gasteiger partial charge in [0.15, 0.2) is 5.58 Å². The number of fused-ring (bicyclic) bond motifs is 1. The van der Waals surface area contributed by atoms with E-state index in [1.807, 2.05) is 20.8 Å². The van der Waals surface area contributed by atoms with Gasteiger partial charge in [0, 0.05) is 11.1 Å². The minimum absolute atomic E-state index is 0.159. The first-order valence-electron chi connectivity index (χ1n) is 5.72. The van der Waals surface area contributed by atoms with Crippen LogP contribution in [0.5, 0.6) is 0 Å². The van der Waals surface area contributed by atoms with Gasteiger partial charge in [0.05, 0.1) is 0 Å². The summed E-state index contributed by atoms with van der Waals surface area (Å²) in [4.78, 5) is 15.5. The summed E-state index contributed by atoms with van der Waals surface area (Å²) in [7, 11) is 0. The fraction of sp³-hybridized carbons (Fsp3) is 0.385. The van der Waals surface area contributed by atoms with Crippen molar-refractivity contribution in [3.63, 3.8) is 0 Å². The molecule has 96 valence electrons. The highest BCUT2D eigenvalue weighted by Crippen LogP contribution is 2.27. The average molecular weight is 248 g/mol. The Morgan fingerprint density at radius 2 is 2.17 bits per heavy atom. The third-order valence-corrected chi connectivity index (χ3v) is 2.46. The Kier molecular flexibility index (Phi) is 3.09. The van der Waals surface area contributed by atoms with Gasteiger partial charge in [-0.3, -0.25) is 4.79 Å². The fourth-order valence-corrected chi connectivity index (χ4v) is 1.53. The molecule has 2 N–H and O–H groups in total. The second-order valence-electron chi connectivity index (χ2n) is 5.16. The quantitative estimate of drug-likeness (QED) is 0.853. The molecule has 0 atom stereocenters. The van der Waals surface area contributed by atoms with Crippen LogP contribution in [0, 0.1) is 0 Å². The Morgan fingerprint density at radius 1 is 1.44 bits per heavy atom. The smallest absolute Gasteiger partial charge is 0.250 e. The molecule has 0 aliphatic rings. The van der Waals surface area contributed by atoms with Crippen molar-refractivity contribution in [1.29, 1.82) is 0 Å². The molecule has 0 saturated carbocycles. The molecule has 0 aliphatic carbocycles. The van der Waals surface area contributed by atoms with Gasteiger partial charge in [0.2, 0.25) is 11.8 Å². The lowest BCUT2D eigenvalue weighted by molar-refractivity contribution is -0.118. The highest BCUT2D eigenvalue weighted by molar-refractivity contribution is 5.93. The SMILES string of the molecule is CC(C)(C)c1nc2cc(NC(=O)CO)ccc2o1. The maximum atomic E-state index is 11.1. The summed E-state index contributed by atoms with van der Waals surface area (Å²) in [5.74, 6) is 0.206. The van der Waals surface area contributed by atoms with Crippen molar-refractivity contribution in [2.75, 3.05) is 11.9 Å². The number of amides is 1. The maximum absolute atomic E-state index is 11.1. The first kappa shape index (κ1) is 12.6. The van der Waals surface area contributed by atoms with Gasteiger partial charge in [0.25, 0.3) is 0 Å². The lowest BCUT2D eigenvalue weighted by atomic mass is 9.97. The van der Waals surface area contributed by atoms with Gasteiger partial charge in [0.1, 0.15) is 12.1 Å². The van der Waals surface area contributed by atoms with E-state index < -0.39 is 12.5 Å². The second-order valence-corrected chi connectivity index (χ2v) is 5.16. The topological polar surface area (TPSA) is 75.4 Å². The number of nitrogens with zero attached hydrogens (tertiary/aromatic N) is 1. The normalized spacial score (nSPS) is 11.8. The largest absolute Gasteiger partial charge is 0.440 e. The molecule has 0 radical (unpaired) electrons. The first-order chi connectivity index (χ1) is 8.40. The first-order valence-corrected chi connectivity index (χ1v) is 5.72. The zero-order chi connectivity index (χ0) is 13.3. The molecule has 0 bridgehead atoms. The third-order valence-electron chi connectivity index (χ3n) is 2.46. The molecule has 0 unspecified atom stereocenters. The number of rotatable bonds is 2. The number of carbonyl (C=O) groups is 1. The van der Waals surface area contributed by atoms with Crippen LogP contribution in [-0.4, -0.2) is 22.6 Å². The molecule has 1 aromatic carbocycles. The highest BCUT2D eigenvalue weighted by Gasteiger charge is 2.20. The van der Waals surface area contributed by atoms with Crippen LogP contribution in [0.25, 0.3) is 11.1 Å². The minimum Gasteiger partial charge on any atom is -0.440 e. The van der Waals surface area contributed by atoms with E-state index in [2.05, 4.69) is 10.3 Å². The molecule has 18 heavy (non-hydrogen) atoms. The number of benzene rings is 1. The lowest BCUT2D eigenvalue weighted by Crippen LogP contribution is -2.15. The second kappa shape index (κ2) is 4.42. The molecule has 0 fully saturated rings. The van der Waals surface area contributed by atoms with Crippen LogP contribution >= 0.6 is 0 Å². The molecule has 5 heteroatoms. The van der Waals surface area contributed by atoms with Crippen LogP contribution in [0.3, 0.4) is 0 Å². The summed E-state index contributed by atoms with van der Waals surface area (Å²) in [6, 6.07) is 5.19. The Balaban J connectivity index is 2.37. The van der Waals surface area contributed by atoms with E-state index in [4.69, 9.17) is 9.52 Å². The average Bonchev–Trinajstić information content (AvgIpc) is 2.71. The summed E-state index contributed by atoms with van der Waals surface area (Å²) >= 11 is 0. The fourth-order valence-electron chi connectivity index (χ4n) is 1.53. The summed E-state index contributed by atoms with van der Waals surface area (Å²) < 4.78 is 5.65. The van der Waals surface area contributed by atoms with Gasteiger partial charge >= 0.3 is 0 Å². The van der Waals surface area contributed by atoms with E-state index in [0.29, 0.717) is 22.7 Å². The van der Waals surface area contributed by atoms with E-state index in [0.717, 1.165) is 0 Å². The van der Waals surface area contributed by atoms with Crippen molar-refractivity contribution < 1.29 is 14.3 Å². The van der Waals surface area contributed by atoms with Crippen molar-refractivity contribution in [2.45, 2.75) is 26.2 Å². The van der Waals surface area contributed by atoms with Crippen LogP contribution in [0.1, 0.15) is 26.7 Å². The van der Waals surface area contributed by atoms with Crippen molar-refractivity contribution in [3.8, 4) is 0 Å². The van der Waals surface area contributed by atoms with Gasteiger partial charge in [-0.25, -0.2) is 4.98 Å². The predicted molar refractivity (Wildman–Crippen MR) is 68.4 cm³/mol. The van der Waals surface area contributed by atoms with Gasteiger partial charge in [-0.15, -0.1) is 0 Å². The molecule has 1 amide bonds. The van der Waals surface area contributed by atoms with E-state index in [1.54, 1.807) is 18.2 Å². The summed E-state index contributed by atoms with van der Waals surface area (Å²) in [5.41, 5.74) is 1.81. The minimum atomic E-state index is -0.538. The van der Waals surface area contributed by atoms with Crippen molar-refractivity contribution >= 4 is 22.7 Å². The number of aliphatic hydroxyl groups is 1.